The van der Waals surface area contributed by atoms with Gasteiger partial charge < -0.3 is 4.90 Å². The van der Waals surface area contributed by atoms with Crippen LogP contribution in [0.5, 0.6) is 0 Å². The Kier molecular flexibility index (Phi) is 5.21. The Labute approximate surface area is 156 Å². The van der Waals surface area contributed by atoms with E-state index in [4.69, 9.17) is 0 Å². The number of hydrogen-bond donors (Lipinski definition) is 0. The van der Waals surface area contributed by atoms with Crippen molar-refractivity contribution in [2.45, 2.75) is 40.2 Å². The third kappa shape index (κ3) is 3.97. The normalized spacial score (nSPS) is 11.2. The molecular weight excluding hydrogens is 350 g/mol. The molecule has 0 saturated heterocycles. The van der Waals surface area contributed by atoms with Crippen LogP contribution >= 0.6 is 0 Å². The molecule has 0 saturated carbocycles. The first-order valence-corrected chi connectivity index (χ1v) is 8.76. The van der Waals surface area contributed by atoms with Crippen molar-refractivity contribution in [3.8, 4) is 0 Å². The van der Waals surface area contributed by atoms with Crippen molar-refractivity contribution in [2.75, 3.05) is 7.05 Å². The van der Waals surface area contributed by atoms with Crippen molar-refractivity contribution in [2.24, 2.45) is 0 Å². The van der Waals surface area contributed by atoms with Crippen molar-refractivity contribution in [1.82, 2.24) is 19.5 Å². The number of nitrogens with zero attached hydrogens (tertiary/aromatic N) is 4. The summed E-state index contributed by atoms with van der Waals surface area (Å²) in [5.41, 5.74) is 4.79. The Morgan fingerprint density at radius 1 is 1.19 bits per heavy atom. The van der Waals surface area contributed by atoms with E-state index >= 15 is 0 Å². The number of aryl methyl sites for hydroxylation is 3. The molecule has 0 radical (unpaired) electrons. The van der Waals surface area contributed by atoms with Crippen molar-refractivity contribution >= 4 is 11.6 Å². The minimum absolute atomic E-state index is 0.0958. The number of rotatable bonds is 5. The SMILES string of the molecule is Cc1cc2nc(C)c(CCC(=O)N(C)Cc3ccc(F)cc3F)c(C)n2n1. The van der Waals surface area contributed by atoms with Crippen LogP contribution in [0.25, 0.3) is 5.65 Å². The van der Waals surface area contributed by atoms with Crippen molar-refractivity contribution in [1.29, 1.82) is 0 Å². The summed E-state index contributed by atoms with van der Waals surface area (Å²) < 4.78 is 28.6. The number of benzene rings is 1. The fraction of sp³-hybridized carbons (Fsp3) is 0.350. The van der Waals surface area contributed by atoms with Crippen molar-refractivity contribution < 1.29 is 13.6 Å². The molecule has 2 aromatic heterocycles. The zero-order chi connectivity index (χ0) is 19.7. The Balaban J connectivity index is 1.70. The molecule has 0 aliphatic rings. The Bertz CT molecular complexity index is 1010. The molecule has 7 heteroatoms. The summed E-state index contributed by atoms with van der Waals surface area (Å²) in [6.07, 6.45) is 0.795. The Morgan fingerprint density at radius 2 is 1.93 bits per heavy atom. The molecule has 142 valence electrons. The molecule has 3 rings (SSSR count). The minimum atomic E-state index is -0.648. The number of halogens is 2. The van der Waals surface area contributed by atoms with Crippen LogP contribution in [0.3, 0.4) is 0 Å². The lowest BCUT2D eigenvalue weighted by Crippen LogP contribution is -2.27. The summed E-state index contributed by atoms with van der Waals surface area (Å²) in [6.45, 7) is 5.90. The molecule has 1 amide bonds. The van der Waals surface area contributed by atoms with Crippen LogP contribution in [0.2, 0.25) is 0 Å². The minimum Gasteiger partial charge on any atom is -0.341 e. The molecule has 0 atom stereocenters. The number of fused-ring (bicyclic) bond motifs is 1. The van der Waals surface area contributed by atoms with E-state index in [1.54, 1.807) is 11.6 Å². The molecule has 2 heterocycles. The lowest BCUT2D eigenvalue weighted by molar-refractivity contribution is -0.130. The maximum absolute atomic E-state index is 13.8. The third-order valence-corrected chi connectivity index (χ3v) is 4.72. The van der Waals surface area contributed by atoms with Gasteiger partial charge in [0.1, 0.15) is 11.6 Å². The van der Waals surface area contributed by atoms with Gasteiger partial charge in [-0.15, -0.1) is 0 Å². The van der Waals surface area contributed by atoms with Crippen LogP contribution in [0.4, 0.5) is 8.78 Å². The summed E-state index contributed by atoms with van der Waals surface area (Å²) in [5.74, 6) is -1.40. The van der Waals surface area contributed by atoms with Gasteiger partial charge in [-0.25, -0.2) is 18.3 Å². The highest BCUT2D eigenvalue weighted by atomic mass is 19.1. The second-order valence-electron chi connectivity index (χ2n) is 6.80. The first-order chi connectivity index (χ1) is 12.8. The van der Waals surface area contributed by atoms with E-state index in [-0.39, 0.29) is 24.4 Å². The van der Waals surface area contributed by atoms with E-state index in [0.29, 0.717) is 6.42 Å². The summed E-state index contributed by atoms with van der Waals surface area (Å²) in [5, 5.41) is 4.44. The molecule has 0 fully saturated rings. The Morgan fingerprint density at radius 3 is 2.63 bits per heavy atom. The van der Waals surface area contributed by atoms with Crippen molar-refractivity contribution in [3.05, 3.63) is 64.1 Å². The van der Waals surface area contributed by atoms with E-state index < -0.39 is 11.6 Å². The van der Waals surface area contributed by atoms with Gasteiger partial charge in [0.15, 0.2) is 5.65 Å². The fourth-order valence-corrected chi connectivity index (χ4v) is 3.22. The molecule has 0 bridgehead atoms. The number of aromatic nitrogens is 3. The van der Waals surface area contributed by atoms with E-state index in [1.165, 1.54) is 17.0 Å². The fourth-order valence-electron chi connectivity index (χ4n) is 3.22. The molecule has 0 N–H and O–H groups in total. The third-order valence-electron chi connectivity index (χ3n) is 4.72. The van der Waals surface area contributed by atoms with E-state index in [0.717, 1.165) is 34.4 Å². The first-order valence-electron chi connectivity index (χ1n) is 8.76. The second kappa shape index (κ2) is 7.42. The highest BCUT2D eigenvalue weighted by Gasteiger charge is 2.16. The average Bonchev–Trinajstić information content (AvgIpc) is 2.97. The molecule has 0 aliphatic carbocycles. The van der Waals surface area contributed by atoms with Gasteiger partial charge in [0, 0.05) is 49.1 Å². The van der Waals surface area contributed by atoms with Crippen LogP contribution in [0.1, 0.15) is 34.6 Å². The maximum Gasteiger partial charge on any atom is 0.222 e. The van der Waals surface area contributed by atoms with E-state index in [1.807, 2.05) is 26.8 Å². The standard InChI is InChI=1S/C20H22F2N4O/c1-12-9-19-23-13(2)17(14(3)26(19)24-12)7-8-20(27)25(4)11-15-5-6-16(21)10-18(15)22/h5-6,9-10H,7-8,11H2,1-4H3. The van der Waals surface area contributed by atoms with Gasteiger partial charge in [0.2, 0.25) is 5.91 Å². The topological polar surface area (TPSA) is 50.5 Å². The summed E-state index contributed by atoms with van der Waals surface area (Å²) >= 11 is 0. The van der Waals surface area contributed by atoms with Gasteiger partial charge in [-0.3, -0.25) is 4.79 Å². The van der Waals surface area contributed by atoms with E-state index in [2.05, 4.69) is 10.1 Å². The predicted molar refractivity (Wildman–Crippen MR) is 98.4 cm³/mol. The second-order valence-corrected chi connectivity index (χ2v) is 6.80. The van der Waals surface area contributed by atoms with Gasteiger partial charge in [0.05, 0.1) is 5.69 Å². The molecule has 1 aromatic carbocycles. The molecule has 0 spiro atoms. The molecule has 0 aliphatic heterocycles. The number of carbonyl (C=O) groups excluding carboxylic acids is 1. The van der Waals surface area contributed by atoms with Crippen LogP contribution in [0, 0.1) is 32.4 Å². The van der Waals surface area contributed by atoms with Crippen LogP contribution in [-0.4, -0.2) is 32.5 Å². The number of amides is 1. The molecule has 3 aromatic rings. The Hall–Kier alpha value is -2.83. The number of hydrogen-bond acceptors (Lipinski definition) is 3. The zero-order valence-electron chi connectivity index (χ0n) is 15.9. The average molecular weight is 372 g/mol. The monoisotopic (exact) mass is 372 g/mol. The van der Waals surface area contributed by atoms with Gasteiger partial charge in [0.25, 0.3) is 0 Å². The largest absolute Gasteiger partial charge is 0.341 e. The number of carbonyl (C=O) groups is 1. The summed E-state index contributed by atoms with van der Waals surface area (Å²) in [6, 6.07) is 5.30. The highest BCUT2D eigenvalue weighted by Crippen LogP contribution is 2.18. The zero-order valence-corrected chi connectivity index (χ0v) is 15.9. The smallest absolute Gasteiger partial charge is 0.222 e. The van der Waals surface area contributed by atoms with Gasteiger partial charge >= 0.3 is 0 Å². The van der Waals surface area contributed by atoms with Gasteiger partial charge in [-0.05, 0) is 38.8 Å². The lowest BCUT2D eigenvalue weighted by Gasteiger charge is -2.18. The van der Waals surface area contributed by atoms with Crippen LogP contribution < -0.4 is 0 Å². The lowest BCUT2D eigenvalue weighted by atomic mass is 10.1. The molecular formula is C20H22F2N4O. The quantitative estimate of drug-likeness (QED) is 0.689. The van der Waals surface area contributed by atoms with E-state index in [9.17, 15) is 13.6 Å². The van der Waals surface area contributed by atoms with Crippen LogP contribution in [-0.2, 0) is 17.8 Å². The molecule has 0 unspecified atom stereocenters. The maximum atomic E-state index is 13.8. The van der Waals surface area contributed by atoms with Gasteiger partial charge in [-0.2, -0.15) is 5.10 Å². The molecule has 5 nitrogen and oxygen atoms in total. The summed E-state index contributed by atoms with van der Waals surface area (Å²) in [7, 11) is 1.61. The van der Waals surface area contributed by atoms with Gasteiger partial charge in [-0.1, -0.05) is 6.07 Å². The van der Waals surface area contributed by atoms with Crippen LogP contribution in [0.15, 0.2) is 24.3 Å². The first kappa shape index (κ1) is 18.9. The van der Waals surface area contributed by atoms with Crippen molar-refractivity contribution in [3.63, 3.8) is 0 Å². The highest BCUT2D eigenvalue weighted by molar-refractivity contribution is 5.76. The molecule has 27 heavy (non-hydrogen) atoms. The predicted octanol–water partition coefficient (Wildman–Crippen LogP) is 3.52. The summed E-state index contributed by atoms with van der Waals surface area (Å²) in [4.78, 5) is 18.5.